The lowest BCUT2D eigenvalue weighted by Crippen LogP contribution is -2.27. The molecule has 1 heterocycles. The van der Waals surface area contributed by atoms with Crippen LogP contribution in [0.1, 0.15) is 23.3 Å². The van der Waals surface area contributed by atoms with Crippen LogP contribution in [0.15, 0.2) is 10.8 Å². The van der Waals surface area contributed by atoms with Gasteiger partial charge in [-0.3, -0.25) is 4.79 Å². The van der Waals surface area contributed by atoms with E-state index in [1.165, 1.54) is 6.20 Å². The third-order valence-corrected chi connectivity index (χ3v) is 2.43. The Hall–Kier alpha value is -1.21. The first-order valence-electron chi connectivity index (χ1n) is 5.20. The van der Waals surface area contributed by atoms with Gasteiger partial charge in [0.1, 0.15) is 4.60 Å². The number of carbonyl (C=O) groups excluding carboxylic acids is 1. The fourth-order valence-electron chi connectivity index (χ4n) is 1.20. The van der Waals surface area contributed by atoms with Gasteiger partial charge in [-0.05, 0) is 28.8 Å². The Kier molecular flexibility index (Phi) is 5.85. The number of rotatable bonds is 6. The van der Waals surface area contributed by atoms with E-state index in [0.717, 1.165) is 12.8 Å². The molecule has 0 bridgehead atoms. The number of unbranched alkanes of at least 4 members (excludes halogenated alkanes) is 1. The van der Waals surface area contributed by atoms with Crippen molar-refractivity contribution >= 4 is 27.7 Å². The second-order valence-electron chi connectivity index (χ2n) is 3.38. The summed E-state index contributed by atoms with van der Waals surface area (Å²) in [5, 5.41) is 2.73. The molecule has 0 aliphatic rings. The van der Waals surface area contributed by atoms with Gasteiger partial charge in [-0.15, -0.1) is 0 Å². The first-order valence-corrected chi connectivity index (χ1v) is 5.99. The molecule has 0 spiro atoms. The highest BCUT2D eigenvalue weighted by atomic mass is 79.9. The van der Waals surface area contributed by atoms with Gasteiger partial charge in [0, 0.05) is 20.3 Å². The molecule has 0 unspecified atom stereocenters. The number of halogens is 1. The number of anilines is 1. The van der Waals surface area contributed by atoms with Gasteiger partial charge in [0.15, 0.2) is 11.5 Å². The summed E-state index contributed by atoms with van der Waals surface area (Å²) in [5.41, 5.74) is 5.71. The van der Waals surface area contributed by atoms with Crippen molar-refractivity contribution in [2.24, 2.45) is 0 Å². The Bertz CT molecular complexity index is 387. The third kappa shape index (κ3) is 4.66. The predicted octanol–water partition coefficient (Wildman–Crippen LogP) is 0.978. The minimum absolute atomic E-state index is 0.127. The molecule has 1 aromatic rings. The van der Waals surface area contributed by atoms with E-state index in [4.69, 9.17) is 10.5 Å². The normalized spacial score (nSPS) is 10.2. The highest BCUT2D eigenvalue weighted by Gasteiger charge is 2.12. The van der Waals surface area contributed by atoms with Crippen molar-refractivity contribution in [1.29, 1.82) is 0 Å². The molecular weight excluding hydrogens is 288 g/mol. The molecule has 0 saturated carbocycles. The summed E-state index contributed by atoms with van der Waals surface area (Å²) in [4.78, 5) is 19.5. The molecule has 0 aliphatic carbocycles. The Morgan fingerprint density at radius 2 is 2.35 bits per heavy atom. The highest BCUT2D eigenvalue weighted by molar-refractivity contribution is 9.10. The second-order valence-corrected chi connectivity index (χ2v) is 4.19. The van der Waals surface area contributed by atoms with E-state index in [9.17, 15) is 4.79 Å². The molecule has 7 heteroatoms. The highest BCUT2D eigenvalue weighted by Crippen LogP contribution is 2.10. The van der Waals surface area contributed by atoms with Gasteiger partial charge >= 0.3 is 0 Å². The molecule has 1 rings (SSSR count). The lowest BCUT2D eigenvalue weighted by Gasteiger charge is -2.06. The molecule has 1 aromatic heterocycles. The molecule has 0 aromatic carbocycles. The fourth-order valence-corrected chi connectivity index (χ4v) is 1.48. The fraction of sp³-hybridized carbons (Fsp3) is 0.500. The Morgan fingerprint density at radius 3 is 3.06 bits per heavy atom. The number of nitrogens with zero attached hydrogens (tertiary/aromatic N) is 2. The van der Waals surface area contributed by atoms with Crippen molar-refractivity contribution < 1.29 is 9.53 Å². The van der Waals surface area contributed by atoms with Gasteiger partial charge in [-0.1, -0.05) is 0 Å². The summed E-state index contributed by atoms with van der Waals surface area (Å²) in [5.74, 6) is -0.184. The number of aromatic nitrogens is 2. The Balaban J connectivity index is 2.44. The molecule has 17 heavy (non-hydrogen) atoms. The zero-order valence-corrected chi connectivity index (χ0v) is 11.2. The van der Waals surface area contributed by atoms with E-state index in [0.29, 0.717) is 17.8 Å². The van der Waals surface area contributed by atoms with Crippen LogP contribution >= 0.6 is 15.9 Å². The number of ether oxygens (including phenoxy) is 1. The topological polar surface area (TPSA) is 90.1 Å². The number of hydrogen-bond donors (Lipinski definition) is 2. The molecule has 94 valence electrons. The Labute approximate surface area is 108 Å². The maximum Gasteiger partial charge on any atom is 0.273 e. The van der Waals surface area contributed by atoms with Crippen molar-refractivity contribution in [3.05, 3.63) is 16.5 Å². The number of methoxy groups -OCH3 is 1. The number of nitrogens with two attached hydrogens (primary N) is 1. The van der Waals surface area contributed by atoms with Crippen LogP contribution in [0.4, 0.5) is 5.82 Å². The first kappa shape index (κ1) is 13.9. The van der Waals surface area contributed by atoms with E-state index in [-0.39, 0.29) is 17.4 Å². The zero-order chi connectivity index (χ0) is 12.7. The van der Waals surface area contributed by atoms with Crippen LogP contribution in [0.3, 0.4) is 0 Å². The number of nitrogens with one attached hydrogen (secondary N) is 1. The molecule has 0 radical (unpaired) electrons. The van der Waals surface area contributed by atoms with E-state index in [2.05, 4.69) is 31.2 Å². The maximum absolute atomic E-state index is 11.7. The lowest BCUT2D eigenvalue weighted by atomic mass is 10.3. The van der Waals surface area contributed by atoms with Crippen LogP contribution in [-0.2, 0) is 4.74 Å². The monoisotopic (exact) mass is 302 g/mol. The maximum atomic E-state index is 11.7. The average Bonchev–Trinajstić information content (AvgIpc) is 2.32. The Morgan fingerprint density at radius 1 is 1.59 bits per heavy atom. The van der Waals surface area contributed by atoms with Crippen LogP contribution in [0.5, 0.6) is 0 Å². The van der Waals surface area contributed by atoms with Crippen LogP contribution in [0.25, 0.3) is 0 Å². The van der Waals surface area contributed by atoms with Crippen LogP contribution in [0, 0.1) is 0 Å². The number of amides is 1. The van der Waals surface area contributed by atoms with Gasteiger partial charge in [0.2, 0.25) is 0 Å². The molecule has 0 fully saturated rings. The van der Waals surface area contributed by atoms with Crippen molar-refractivity contribution in [3.63, 3.8) is 0 Å². The minimum Gasteiger partial charge on any atom is -0.385 e. The molecule has 0 atom stereocenters. The number of hydrogen-bond acceptors (Lipinski definition) is 5. The molecular formula is C10H15BrN4O2. The number of carbonyl (C=O) groups is 1. The van der Waals surface area contributed by atoms with Crippen molar-refractivity contribution in [1.82, 2.24) is 15.3 Å². The molecule has 3 N–H and O–H groups in total. The van der Waals surface area contributed by atoms with Crippen molar-refractivity contribution in [2.45, 2.75) is 12.8 Å². The molecule has 6 nitrogen and oxygen atoms in total. The van der Waals surface area contributed by atoms with Crippen LogP contribution in [-0.4, -0.2) is 36.1 Å². The summed E-state index contributed by atoms with van der Waals surface area (Å²) < 4.78 is 5.39. The van der Waals surface area contributed by atoms with Crippen molar-refractivity contribution in [2.75, 3.05) is 26.0 Å². The van der Waals surface area contributed by atoms with Gasteiger partial charge in [0.25, 0.3) is 5.91 Å². The zero-order valence-electron chi connectivity index (χ0n) is 9.57. The average molecular weight is 303 g/mol. The van der Waals surface area contributed by atoms with Crippen LogP contribution in [0.2, 0.25) is 0 Å². The van der Waals surface area contributed by atoms with E-state index in [1.807, 2.05) is 0 Å². The van der Waals surface area contributed by atoms with Gasteiger partial charge in [-0.25, -0.2) is 9.97 Å². The summed E-state index contributed by atoms with van der Waals surface area (Å²) in [7, 11) is 1.65. The third-order valence-electron chi connectivity index (χ3n) is 2.05. The SMILES string of the molecule is COCCCCNC(=O)c1nc(Br)cnc1N. The smallest absolute Gasteiger partial charge is 0.273 e. The largest absolute Gasteiger partial charge is 0.385 e. The molecule has 1 amide bonds. The van der Waals surface area contributed by atoms with Crippen molar-refractivity contribution in [3.8, 4) is 0 Å². The van der Waals surface area contributed by atoms with Crippen LogP contribution < -0.4 is 11.1 Å². The second kappa shape index (κ2) is 7.18. The molecule has 0 aliphatic heterocycles. The summed E-state index contributed by atoms with van der Waals surface area (Å²) in [6.45, 7) is 1.25. The minimum atomic E-state index is -0.311. The van der Waals surface area contributed by atoms with E-state index < -0.39 is 0 Å². The number of nitrogen functional groups attached to an aromatic ring is 1. The van der Waals surface area contributed by atoms with Gasteiger partial charge < -0.3 is 15.8 Å². The summed E-state index contributed by atoms with van der Waals surface area (Å²) in [6.07, 6.45) is 3.20. The summed E-state index contributed by atoms with van der Waals surface area (Å²) in [6, 6.07) is 0. The molecule has 0 saturated heterocycles. The summed E-state index contributed by atoms with van der Waals surface area (Å²) >= 11 is 3.14. The predicted molar refractivity (Wildman–Crippen MR) is 67.6 cm³/mol. The standard InChI is InChI=1S/C10H15BrN4O2/c1-17-5-3-2-4-13-10(16)8-9(12)14-6-7(11)15-8/h6H,2-5H2,1H3,(H2,12,14)(H,13,16). The quantitative estimate of drug-likeness (QED) is 0.765. The van der Waals surface area contributed by atoms with Gasteiger partial charge in [-0.2, -0.15) is 0 Å². The van der Waals surface area contributed by atoms with E-state index >= 15 is 0 Å². The first-order chi connectivity index (χ1) is 8.15. The lowest BCUT2D eigenvalue weighted by molar-refractivity contribution is 0.0947. The van der Waals surface area contributed by atoms with E-state index in [1.54, 1.807) is 7.11 Å². The van der Waals surface area contributed by atoms with Gasteiger partial charge in [0.05, 0.1) is 6.20 Å².